The van der Waals surface area contributed by atoms with Crippen LogP contribution in [0.5, 0.6) is 0 Å². The molecule has 1 amide bonds. The molecule has 0 aliphatic carbocycles. The molecule has 1 aliphatic rings. The predicted molar refractivity (Wildman–Crippen MR) is 269 cm³/mol. The number of esters is 1. The first-order valence-corrected chi connectivity index (χ1v) is 26.9. The number of unbranched alkanes of at least 4 members (excludes halogenated alkanes) is 25. The van der Waals surface area contributed by atoms with Gasteiger partial charge in [-0.15, -0.1) is 0 Å². The third kappa shape index (κ3) is 34.8. The number of rotatable bonds is 45. The zero-order chi connectivity index (χ0) is 48.1. The molecule has 6 N–H and O–H groups in total. The van der Waals surface area contributed by atoms with E-state index in [9.17, 15) is 35.1 Å². The van der Waals surface area contributed by atoms with Gasteiger partial charge in [0.25, 0.3) is 0 Å². The van der Waals surface area contributed by atoms with Gasteiger partial charge in [0, 0.05) is 12.8 Å². The van der Waals surface area contributed by atoms with Crippen molar-refractivity contribution < 1.29 is 49.3 Å². The van der Waals surface area contributed by atoms with Crippen LogP contribution in [0.1, 0.15) is 226 Å². The molecule has 0 saturated carbocycles. The number of carbonyl (C=O) groups excluding carboxylic acids is 2. The van der Waals surface area contributed by atoms with Gasteiger partial charge in [0.1, 0.15) is 24.4 Å². The maximum atomic E-state index is 12.9. The zero-order valence-corrected chi connectivity index (χ0v) is 41.9. The van der Waals surface area contributed by atoms with E-state index >= 15 is 0 Å². The normalized spacial score (nSPS) is 20.0. The first kappa shape index (κ1) is 61.6. The van der Waals surface area contributed by atoms with Gasteiger partial charge in [-0.2, -0.15) is 0 Å². The van der Waals surface area contributed by atoms with Crippen molar-refractivity contribution in [2.75, 3.05) is 19.8 Å². The Labute approximate surface area is 402 Å². The summed E-state index contributed by atoms with van der Waals surface area (Å²) in [4.78, 5) is 25.0. The Bertz CT molecular complexity index is 1240. The Morgan fingerprint density at radius 2 is 1.03 bits per heavy atom. The molecule has 7 unspecified atom stereocenters. The van der Waals surface area contributed by atoms with Crippen molar-refractivity contribution in [3.05, 3.63) is 48.6 Å². The number of amides is 1. The molecular formula is C55H99NO10. The number of nitrogens with one attached hydrogen (secondary N) is 1. The van der Waals surface area contributed by atoms with E-state index in [0.717, 1.165) is 96.3 Å². The third-order valence-corrected chi connectivity index (χ3v) is 12.4. The van der Waals surface area contributed by atoms with E-state index in [-0.39, 0.29) is 18.5 Å². The van der Waals surface area contributed by atoms with Gasteiger partial charge >= 0.3 is 5.97 Å². The second-order valence-electron chi connectivity index (χ2n) is 18.6. The maximum absolute atomic E-state index is 12.9. The van der Waals surface area contributed by atoms with Crippen LogP contribution >= 0.6 is 0 Å². The van der Waals surface area contributed by atoms with Gasteiger partial charge in [-0.05, 0) is 83.5 Å². The number of allylic oxidation sites excluding steroid dienone is 7. The number of hydrogen-bond donors (Lipinski definition) is 6. The quantitative estimate of drug-likeness (QED) is 0.0196. The van der Waals surface area contributed by atoms with Crippen LogP contribution in [0.4, 0.5) is 0 Å². The van der Waals surface area contributed by atoms with Crippen LogP contribution in [-0.2, 0) is 23.8 Å². The number of carbonyl (C=O) groups is 2. The molecule has 1 saturated heterocycles. The molecule has 1 aliphatic heterocycles. The van der Waals surface area contributed by atoms with Crippen LogP contribution in [0.3, 0.4) is 0 Å². The fourth-order valence-electron chi connectivity index (χ4n) is 8.07. The average molecular weight is 934 g/mol. The minimum absolute atomic E-state index is 0.0334. The summed E-state index contributed by atoms with van der Waals surface area (Å²) in [5, 5.41) is 54.0. The zero-order valence-electron chi connectivity index (χ0n) is 41.9. The lowest BCUT2D eigenvalue weighted by Gasteiger charge is -2.40. The number of aliphatic hydroxyl groups is 5. The first-order valence-electron chi connectivity index (χ1n) is 26.9. The molecule has 0 radical (unpaired) electrons. The van der Waals surface area contributed by atoms with Crippen LogP contribution in [0.2, 0.25) is 0 Å². The number of aliphatic hydroxyl groups excluding tert-OH is 5. The van der Waals surface area contributed by atoms with Crippen molar-refractivity contribution in [2.45, 2.75) is 269 Å². The minimum atomic E-state index is -1.58. The molecule has 1 rings (SSSR count). The minimum Gasteiger partial charge on any atom is -0.466 e. The molecule has 384 valence electrons. The highest BCUT2D eigenvalue weighted by Gasteiger charge is 2.44. The first-order chi connectivity index (χ1) is 32.2. The summed E-state index contributed by atoms with van der Waals surface area (Å²) < 4.78 is 16.6. The molecule has 11 nitrogen and oxygen atoms in total. The van der Waals surface area contributed by atoms with Crippen LogP contribution in [-0.4, -0.2) is 100 Å². The second-order valence-corrected chi connectivity index (χ2v) is 18.6. The smallest absolute Gasteiger partial charge is 0.305 e. The Hall–Kier alpha value is -2.38. The Kier molecular flexibility index (Phi) is 42.1. The van der Waals surface area contributed by atoms with Gasteiger partial charge in [-0.3, -0.25) is 9.59 Å². The monoisotopic (exact) mass is 934 g/mol. The highest BCUT2D eigenvalue weighted by molar-refractivity contribution is 5.76. The highest BCUT2D eigenvalue weighted by atomic mass is 16.7. The van der Waals surface area contributed by atoms with Crippen molar-refractivity contribution in [2.24, 2.45) is 0 Å². The molecular weight excluding hydrogens is 835 g/mol. The molecule has 1 fully saturated rings. The molecule has 66 heavy (non-hydrogen) atoms. The van der Waals surface area contributed by atoms with Crippen molar-refractivity contribution in [1.29, 1.82) is 0 Å². The number of hydrogen-bond acceptors (Lipinski definition) is 10. The SMILES string of the molecule is CCCCC/C=C/CC/C=C/C(O)C(COC1OC(CO)C(O)C(O)C1O)NC(=O)CCCCCCCCC/C=C\C/C=C\CCCCCOC(=O)CCCCCCCCCCCCCC. The van der Waals surface area contributed by atoms with Gasteiger partial charge in [0.15, 0.2) is 6.29 Å². The van der Waals surface area contributed by atoms with E-state index < -0.39 is 49.5 Å². The molecule has 0 aromatic rings. The van der Waals surface area contributed by atoms with Gasteiger partial charge in [-0.25, -0.2) is 0 Å². The topological polar surface area (TPSA) is 175 Å². The second kappa shape index (κ2) is 45.1. The van der Waals surface area contributed by atoms with Crippen LogP contribution < -0.4 is 5.32 Å². The summed E-state index contributed by atoms with van der Waals surface area (Å²) in [5.74, 6) is -0.245. The maximum Gasteiger partial charge on any atom is 0.305 e. The summed E-state index contributed by atoms with van der Waals surface area (Å²) >= 11 is 0. The van der Waals surface area contributed by atoms with Crippen LogP contribution in [0, 0.1) is 0 Å². The lowest BCUT2D eigenvalue weighted by Crippen LogP contribution is -2.60. The van der Waals surface area contributed by atoms with E-state index in [2.05, 4.69) is 55.6 Å². The molecule has 0 aromatic carbocycles. The Morgan fingerprint density at radius 1 is 0.561 bits per heavy atom. The van der Waals surface area contributed by atoms with E-state index in [1.54, 1.807) is 6.08 Å². The lowest BCUT2D eigenvalue weighted by atomic mass is 9.99. The third-order valence-electron chi connectivity index (χ3n) is 12.4. The van der Waals surface area contributed by atoms with Crippen molar-refractivity contribution in [1.82, 2.24) is 5.32 Å². The van der Waals surface area contributed by atoms with E-state index in [1.165, 1.54) is 103 Å². The van der Waals surface area contributed by atoms with E-state index in [1.807, 2.05) is 6.08 Å². The van der Waals surface area contributed by atoms with Crippen molar-refractivity contribution in [3.63, 3.8) is 0 Å². The lowest BCUT2D eigenvalue weighted by molar-refractivity contribution is -0.302. The standard InChI is InChI=1S/C55H99NO10/c1-3-5-7-9-11-13-14-23-27-31-35-39-43-51(60)64-44-40-36-32-28-24-21-19-17-15-16-18-20-22-26-30-34-38-42-50(59)56-47(48(58)41-37-33-29-25-12-10-8-6-4-2)46-65-55-54(63)53(62)52(61)49(45-57)66-55/h12,15,17,21,24-25,37,41,47-49,52-55,57-58,61-63H,3-11,13-14,16,18-20,22-23,26-36,38-40,42-46H2,1-2H3,(H,56,59)/b17-15-,24-21-,25-12+,41-37+. The van der Waals surface area contributed by atoms with Gasteiger partial charge in [-0.1, -0.05) is 178 Å². The Balaban J connectivity index is 2.13. The fraction of sp³-hybridized carbons (Fsp3) is 0.818. The van der Waals surface area contributed by atoms with E-state index in [4.69, 9.17) is 14.2 Å². The van der Waals surface area contributed by atoms with Crippen molar-refractivity contribution in [3.8, 4) is 0 Å². The van der Waals surface area contributed by atoms with Crippen molar-refractivity contribution >= 4 is 11.9 Å². The molecule has 0 spiro atoms. The molecule has 11 heteroatoms. The number of ether oxygens (including phenoxy) is 3. The van der Waals surface area contributed by atoms with Gasteiger partial charge in [0.2, 0.25) is 5.91 Å². The largest absolute Gasteiger partial charge is 0.466 e. The van der Waals surface area contributed by atoms with Gasteiger partial charge in [0.05, 0.1) is 32.0 Å². The summed E-state index contributed by atoms with van der Waals surface area (Å²) in [7, 11) is 0. The van der Waals surface area contributed by atoms with Crippen LogP contribution in [0.15, 0.2) is 48.6 Å². The van der Waals surface area contributed by atoms with E-state index in [0.29, 0.717) is 19.4 Å². The summed E-state index contributed by atoms with van der Waals surface area (Å²) in [6.45, 7) is 4.20. The highest BCUT2D eigenvalue weighted by Crippen LogP contribution is 2.23. The molecule has 0 aromatic heterocycles. The molecule has 0 bridgehead atoms. The van der Waals surface area contributed by atoms with Gasteiger partial charge < -0.3 is 45.1 Å². The fourth-order valence-corrected chi connectivity index (χ4v) is 8.07. The molecule has 7 atom stereocenters. The van der Waals surface area contributed by atoms with Crippen LogP contribution in [0.25, 0.3) is 0 Å². The average Bonchev–Trinajstić information content (AvgIpc) is 3.31. The summed E-state index contributed by atoms with van der Waals surface area (Å²) in [6.07, 6.45) is 45.0. The molecule has 1 heterocycles. The Morgan fingerprint density at radius 3 is 1.62 bits per heavy atom. The predicted octanol–water partition coefficient (Wildman–Crippen LogP) is 11.3. The summed E-state index contributed by atoms with van der Waals surface area (Å²) in [6, 6.07) is -0.838. The summed E-state index contributed by atoms with van der Waals surface area (Å²) in [5.41, 5.74) is 0.